The summed E-state index contributed by atoms with van der Waals surface area (Å²) in [7, 11) is 0. The number of fused-ring (bicyclic) bond motifs is 1. The molecule has 1 saturated heterocycles. The summed E-state index contributed by atoms with van der Waals surface area (Å²) in [5.41, 5.74) is 2.24. The number of likely N-dealkylation sites (tertiary alicyclic amines) is 1. The third-order valence-corrected chi connectivity index (χ3v) is 4.88. The van der Waals surface area contributed by atoms with E-state index in [0.717, 1.165) is 36.2 Å². The molecule has 3 heterocycles. The fraction of sp³-hybridized carbons (Fsp3) is 0.333. The van der Waals surface area contributed by atoms with E-state index in [2.05, 4.69) is 6.92 Å². The lowest BCUT2D eigenvalue weighted by atomic mass is 9.98. The van der Waals surface area contributed by atoms with E-state index in [1.54, 1.807) is 0 Å². The van der Waals surface area contributed by atoms with Crippen molar-refractivity contribution in [1.29, 1.82) is 0 Å². The largest absolute Gasteiger partial charge is 0.460 e. The first-order chi connectivity index (χ1) is 12.1. The van der Waals surface area contributed by atoms with Crippen LogP contribution >= 0.6 is 0 Å². The summed E-state index contributed by atoms with van der Waals surface area (Å²) >= 11 is 0. The monoisotopic (exact) mass is 334 g/mol. The van der Waals surface area contributed by atoms with E-state index < -0.39 is 0 Å². The van der Waals surface area contributed by atoms with Gasteiger partial charge in [-0.3, -0.25) is 4.79 Å². The summed E-state index contributed by atoms with van der Waals surface area (Å²) in [6.07, 6.45) is 2.26. The molecule has 0 saturated carbocycles. The minimum atomic E-state index is 0.0923. The van der Waals surface area contributed by atoms with Gasteiger partial charge in [0.1, 0.15) is 11.5 Å². The van der Waals surface area contributed by atoms with Gasteiger partial charge >= 0.3 is 0 Å². The molecule has 4 heteroatoms. The number of benzene rings is 1. The van der Waals surface area contributed by atoms with Crippen LogP contribution in [0.25, 0.3) is 22.4 Å². The second-order valence-corrected chi connectivity index (χ2v) is 6.98. The van der Waals surface area contributed by atoms with Crippen molar-refractivity contribution in [2.24, 2.45) is 5.92 Å². The standard InChI is InChI=1S/C21H22N2O2/c1-14-6-5-11-23(13-14)21(24)17-12-19(20-10-9-15(2)25-20)22-18-8-4-3-7-16(17)18/h3-4,7-10,12,14H,5-6,11,13H2,1-2H3. The molecular formula is C21H22N2O2. The van der Waals surface area contributed by atoms with Gasteiger partial charge < -0.3 is 9.32 Å². The number of furan rings is 1. The van der Waals surface area contributed by atoms with Crippen LogP contribution in [-0.2, 0) is 0 Å². The topological polar surface area (TPSA) is 46.3 Å². The van der Waals surface area contributed by atoms with E-state index in [-0.39, 0.29) is 5.91 Å². The van der Waals surface area contributed by atoms with E-state index in [1.165, 1.54) is 6.42 Å². The van der Waals surface area contributed by atoms with Gasteiger partial charge in [-0.2, -0.15) is 0 Å². The van der Waals surface area contributed by atoms with E-state index >= 15 is 0 Å². The highest BCUT2D eigenvalue weighted by atomic mass is 16.3. The number of rotatable bonds is 2. The highest BCUT2D eigenvalue weighted by Crippen LogP contribution is 2.28. The Morgan fingerprint density at radius 1 is 1.24 bits per heavy atom. The second kappa shape index (κ2) is 6.36. The molecule has 1 unspecified atom stereocenters. The van der Waals surface area contributed by atoms with Gasteiger partial charge in [0.2, 0.25) is 0 Å². The molecule has 4 rings (SSSR count). The van der Waals surface area contributed by atoms with Gasteiger partial charge in [-0.05, 0) is 49.9 Å². The lowest BCUT2D eigenvalue weighted by molar-refractivity contribution is 0.0685. The van der Waals surface area contributed by atoms with Gasteiger partial charge in [-0.15, -0.1) is 0 Å². The third-order valence-electron chi connectivity index (χ3n) is 4.88. The SMILES string of the molecule is Cc1ccc(-c2cc(C(=O)N3CCCC(C)C3)c3ccccc3n2)o1. The molecule has 2 aromatic heterocycles. The molecule has 1 fully saturated rings. The maximum atomic E-state index is 13.2. The van der Waals surface area contributed by atoms with Crippen molar-refractivity contribution in [2.45, 2.75) is 26.7 Å². The van der Waals surface area contributed by atoms with Crippen molar-refractivity contribution in [3.63, 3.8) is 0 Å². The van der Waals surface area contributed by atoms with Crippen molar-refractivity contribution in [3.05, 3.63) is 53.8 Å². The Bertz CT molecular complexity index is 929. The molecule has 0 bridgehead atoms. The molecule has 25 heavy (non-hydrogen) atoms. The lowest BCUT2D eigenvalue weighted by Gasteiger charge is -2.31. The normalized spacial score (nSPS) is 17.8. The van der Waals surface area contributed by atoms with Crippen LogP contribution in [0.2, 0.25) is 0 Å². The number of piperidine rings is 1. The summed E-state index contributed by atoms with van der Waals surface area (Å²) in [4.78, 5) is 19.9. The molecule has 3 aromatic rings. The van der Waals surface area contributed by atoms with Gasteiger partial charge in [-0.25, -0.2) is 4.98 Å². The Labute approximate surface area is 147 Å². The van der Waals surface area contributed by atoms with Gasteiger partial charge in [0.25, 0.3) is 5.91 Å². The molecule has 4 nitrogen and oxygen atoms in total. The molecule has 1 atom stereocenters. The van der Waals surface area contributed by atoms with Crippen LogP contribution in [0.15, 0.2) is 46.9 Å². The molecule has 1 amide bonds. The van der Waals surface area contributed by atoms with Crippen LogP contribution in [0.1, 0.15) is 35.9 Å². The zero-order valence-corrected chi connectivity index (χ0v) is 14.7. The first-order valence-electron chi connectivity index (χ1n) is 8.87. The van der Waals surface area contributed by atoms with Gasteiger partial charge in [-0.1, -0.05) is 25.1 Å². The lowest BCUT2D eigenvalue weighted by Crippen LogP contribution is -2.39. The summed E-state index contributed by atoms with van der Waals surface area (Å²) in [6, 6.07) is 13.5. The number of carbonyl (C=O) groups excluding carboxylic acids is 1. The summed E-state index contributed by atoms with van der Waals surface area (Å²) in [5.74, 6) is 2.18. The predicted octanol–water partition coefficient (Wildman–Crippen LogP) is 4.68. The average Bonchev–Trinajstić information content (AvgIpc) is 3.06. The Kier molecular flexibility index (Phi) is 4.04. The second-order valence-electron chi connectivity index (χ2n) is 6.98. The predicted molar refractivity (Wildman–Crippen MR) is 98.5 cm³/mol. The van der Waals surface area contributed by atoms with Crippen molar-refractivity contribution >= 4 is 16.8 Å². The molecular weight excluding hydrogens is 312 g/mol. The van der Waals surface area contributed by atoms with Crippen LogP contribution in [0, 0.1) is 12.8 Å². The number of aromatic nitrogens is 1. The fourth-order valence-corrected chi connectivity index (χ4v) is 3.59. The fourth-order valence-electron chi connectivity index (χ4n) is 3.59. The quantitative estimate of drug-likeness (QED) is 0.684. The zero-order chi connectivity index (χ0) is 17.4. The van der Waals surface area contributed by atoms with E-state index in [9.17, 15) is 4.79 Å². The highest BCUT2D eigenvalue weighted by Gasteiger charge is 2.24. The maximum Gasteiger partial charge on any atom is 0.254 e. The molecule has 0 aliphatic carbocycles. The molecule has 0 N–H and O–H groups in total. The van der Waals surface area contributed by atoms with Crippen molar-refractivity contribution in [2.75, 3.05) is 13.1 Å². The van der Waals surface area contributed by atoms with E-state index in [0.29, 0.717) is 22.9 Å². The Hall–Kier alpha value is -2.62. The number of amides is 1. The Morgan fingerprint density at radius 3 is 2.84 bits per heavy atom. The zero-order valence-electron chi connectivity index (χ0n) is 14.7. The molecule has 128 valence electrons. The number of hydrogen-bond acceptors (Lipinski definition) is 3. The number of nitrogens with zero attached hydrogens (tertiary/aromatic N) is 2. The molecule has 0 radical (unpaired) electrons. The first kappa shape index (κ1) is 15.9. The number of pyridine rings is 1. The maximum absolute atomic E-state index is 13.2. The van der Waals surface area contributed by atoms with Crippen LogP contribution < -0.4 is 0 Å². The Balaban J connectivity index is 1.82. The number of aryl methyl sites for hydroxylation is 1. The van der Waals surface area contributed by atoms with Crippen molar-refractivity contribution in [1.82, 2.24) is 9.88 Å². The van der Waals surface area contributed by atoms with Gasteiger partial charge in [0, 0.05) is 18.5 Å². The van der Waals surface area contributed by atoms with E-state index in [1.807, 2.05) is 54.3 Å². The molecule has 1 aliphatic rings. The highest BCUT2D eigenvalue weighted by molar-refractivity contribution is 6.07. The van der Waals surface area contributed by atoms with E-state index in [4.69, 9.17) is 9.40 Å². The minimum Gasteiger partial charge on any atom is -0.460 e. The first-order valence-corrected chi connectivity index (χ1v) is 8.87. The van der Waals surface area contributed by atoms with Crippen LogP contribution in [0.5, 0.6) is 0 Å². The smallest absolute Gasteiger partial charge is 0.254 e. The van der Waals surface area contributed by atoms with Crippen LogP contribution in [-0.4, -0.2) is 28.9 Å². The Morgan fingerprint density at radius 2 is 2.08 bits per heavy atom. The average molecular weight is 334 g/mol. The third kappa shape index (κ3) is 3.04. The van der Waals surface area contributed by atoms with Crippen molar-refractivity contribution in [3.8, 4) is 11.5 Å². The van der Waals surface area contributed by atoms with Gasteiger partial charge in [0.15, 0.2) is 5.76 Å². The number of hydrogen-bond donors (Lipinski definition) is 0. The summed E-state index contributed by atoms with van der Waals surface area (Å²) in [6.45, 7) is 5.77. The van der Waals surface area contributed by atoms with Crippen LogP contribution in [0.3, 0.4) is 0 Å². The molecule has 1 aromatic carbocycles. The molecule has 0 spiro atoms. The summed E-state index contributed by atoms with van der Waals surface area (Å²) in [5, 5.41) is 0.901. The number of carbonyl (C=O) groups is 1. The minimum absolute atomic E-state index is 0.0923. The van der Waals surface area contributed by atoms with Crippen molar-refractivity contribution < 1.29 is 9.21 Å². The number of para-hydroxylation sites is 1. The van der Waals surface area contributed by atoms with Crippen LogP contribution in [0.4, 0.5) is 0 Å². The van der Waals surface area contributed by atoms with Gasteiger partial charge in [0.05, 0.1) is 11.1 Å². The summed E-state index contributed by atoms with van der Waals surface area (Å²) < 4.78 is 5.73. The molecule has 1 aliphatic heterocycles.